The fourth-order valence-corrected chi connectivity index (χ4v) is 1.41. The molecule has 4 N–H and O–H groups in total. The molecule has 1 aliphatic rings. The molecule has 1 heterocycles. The van der Waals surface area contributed by atoms with Gasteiger partial charge in [0.05, 0.1) is 6.61 Å². The molecule has 0 radical (unpaired) electrons. The number of thiol groups is 1. The van der Waals surface area contributed by atoms with Crippen LogP contribution in [0.4, 0.5) is 0 Å². The lowest BCUT2D eigenvalue weighted by molar-refractivity contribution is -0.205. The fourth-order valence-electron chi connectivity index (χ4n) is 1.08. The van der Waals surface area contributed by atoms with Crippen LogP contribution in [0.1, 0.15) is 0 Å². The average Bonchev–Trinajstić information content (AvgIpc) is 2.08. The van der Waals surface area contributed by atoms with Crippen molar-refractivity contribution in [2.24, 2.45) is 0 Å². The van der Waals surface area contributed by atoms with E-state index < -0.39 is 36.5 Å². The van der Waals surface area contributed by atoms with Crippen molar-refractivity contribution in [2.45, 2.75) is 29.9 Å². The molecule has 0 amide bonds. The Morgan fingerprint density at radius 3 is 2.17 bits per heavy atom. The summed E-state index contributed by atoms with van der Waals surface area (Å²) in [6.07, 6.45) is -4.70. The Hall–Kier alpha value is 0.150. The number of hydrogen-bond acceptors (Lipinski definition) is 6. The van der Waals surface area contributed by atoms with E-state index in [0.717, 1.165) is 0 Å². The monoisotopic (exact) mass is 196 g/mol. The Bertz CT molecular complexity index is 150. The normalized spacial score (nSPS) is 49.2. The maximum absolute atomic E-state index is 9.20. The number of ether oxygens (including phenoxy) is 1. The molecule has 0 saturated carbocycles. The summed E-state index contributed by atoms with van der Waals surface area (Å²) in [5.74, 6) is 0. The first-order valence-electron chi connectivity index (χ1n) is 3.56. The van der Waals surface area contributed by atoms with Gasteiger partial charge in [-0.15, -0.1) is 12.6 Å². The van der Waals surface area contributed by atoms with Crippen LogP contribution in [0.3, 0.4) is 0 Å². The first-order valence-corrected chi connectivity index (χ1v) is 4.08. The molecule has 1 fully saturated rings. The summed E-state index contributed by atoms with van der Waals surface area (Å²) < 4.78 is 4.88. The van der Waals surface area contributed by atoms with Gasteiger partial charge in [0, 0.05) is 0 Å². The lowest BCUT2D eigenvalue weighted by atomic mass is 10.0. The molecule has 5 nitrogen and oxygen atoms in total. The predicted molar refractivity (Wildman–Crippen MR) is 42.8 cm³/mol. The highest BCUT2D eigenvalue weighted by Gasteiger charge is 2.41. The molecule has 1 rings (SSSR count). The molecule has 0 spiro atoms. The SMILES string of the molecule is OCC1O[C@@H](S)[C@@H](O)C(O)[C@@H]1O. The van der Waals surface area contributed by atoms with Crippen LogP contribution in [-0.2, 0) is 4.74 Å². The molecule has 0 bridgehead atoms. The van der Waals surface area contributed by atoms with Crippen LogP contribution in [0, 0.1) is 0 Å². The van der Waals surface area contributed by atoms with Crippen molar-refractivity contribution in [1.29, 1.82) is 0 Å². The summed E-state index contributed by atoms with van der Waals surface area (Å²) in [6, 6.07) is 0. The molecular weight excluding hydrogens is 184 g/mol. The highest BCUT2D eigenvalue weighted by Crippen LogP contribution is 2.22. The van der Waals surface area contributed by atoms with E-state index >= 15 is 0 Å². The third-order valence-corrected chi connectivity index (χ3v) is 2.29. The van der Waals surface area contributed by atoms with Crippen LogP contribution in [0.25, 0.3) is 0 Å². The third kappa shape index (κ3) is 1.73. The van der Waals surface area contributed by atoms with Gasteiger partial charge in [0.2, 0.25) is 0 Å². The van der Waals surface area contributed by atoms with Crippen LogP contribution < -0.4 is 0 Å². The lowest BCUT2D eigenvalue weighted by Gasteiger charge is -2.37. The van der Waals surface area contributed by atoms with Crippen molar-refractivity contribution < 1.29 is 25.2 Å². The predicted octanol–water partition coefficient (Wildman–Crippen LogP) is -2.28. The van der Waals surface area contributed by atoms with Gasteiger partial charge in [-0.05, 0) is 0 Å². The quantitative estimate of drug-likeness (QED) is 0.305. The molecule has 6 heteroatoms. The minimum absolute atomic E-state index is 0.415. The highest BCUT2D eigenvalue weighted by atomic mass is 32.1. The van der Waals surface area contributed by atoms with Crippen molar-refractivity contribution in [3.63, 3.8) is 0 Å². The van der Waals surface area contributed by atoms with Gasteiger partial charge in [-0.1, -0.05) is 0 Å². The van der Waals surface area contributed by atoms with E-state index in [9.17, 15) is 10.2 Å². The molecule has 0 aromatic carbocycles. The van der Waals surface area contributed by atoms with Crippen LogP contribution in [0.15, 0.2) is 0 Å². The van der Waals surface area contributed by atoms with Crippen molar-refractivity contribution in [2.75, 3.05) is 6.61 Å². The summed E-state index contributed by atoms with van der Waals surface area (Å²) in [5.41, 5.74) is -0.874. The topological polar surface area (TPSA) is 90.2 Å². The first-order chi connectivity index (χ1) is 5.57. The van der Waals surface area contributed by atoms with Crippen LogP contribution >= 0.6 is 12.6 Å². The molecular formula is C6H12O5S. The molecule has 1 saturated heterocycles. The van der Waals surface area contributed by atoms with E-state index in [2.05, 4.69) is 12.6 Å². The largest absolute Gasteiger partial charge is 0.394 e. The maximum atomic E-state index is 9.20. The van der Waals surface area contributed by atoms with Crippen molar-refractivity contribution in [3.8, 4) is 0 Å². The fraction of sp³-hybridized carbons (Fsp3) is 1.00. The van der Waals surface area contributed by atoms with E-state index in [1.165, 1.54) is 0 Å². The van der Waals surface area contributed by atoms with Crippen LogP contribution in [-0.4, -0.2) is 56.9 Å². The van der Waals surface area contributed by atoms with E-state index in [1.807, 2.05) is 0 Å². The summed E-state index contributed by atoms with van der Waals surface area (Å²) in [4.78, 5) is 0. The summed E-state index contributed by atoms with van der Waals surface area (Å²) in [7, 11) is 0. The Kier molecular flexibility index (Phi) is 3.33. The molecule has 1 aliphatic heterocycles. The Balaban J connectivity index is 2.63. The maximum Gasteiger partial charge on any atom is 0.129 e. The van der Waals surface area contributed by atoms with Gasteiger partial charge in [0.1, 0.15) is 29.9 Å². The first kappa shape index (κ1) is 10.2. The average molecular weight is 196 g/mol. The second-order valence-corrected chi connectivity index (χ2v) is 3.23. The highest BCUT2D eigenvalue weighted by molar-refractivity contribution is 7.80. The van der Waals surface area contributed by atoms with Crippen molar-refractivity contribution in [1.82, 2.24) is 0 Å². The third-order valence-electron chi connectivity index (χ3n) is 1.87. The molecule has 2 unspecified atom stereocenters. The van der Waals surface area contributed by atoms with Crippen molar-refractivity contribution in [3.05, 3.63) is 0 Å². The number of hydrogen-bond donors (Lipinski definition) is 5. The van der Waals surface area contributed by atoms with Crippen LogP contribution in [0.2, 0.25) is 0 Å². The van der Waals surface area contributed by atoms with Gasteiger partial charge in [0.25, 0.3) is 0 Å². The number of rotatable bonds is 1. The standard InChI is InChI=1S/C6H12O5S/c7-1-2-3(8)4(9)5(10)6(12)11-2/h2-10,12H,1H2/t2?,3-,4?,5+,6+/m1/s1. The molecule has 12 heavy (non-hydrogen) atoms. The second kappa shape index (κ2) is 3.91. The number of aliphatic hydroxyl groups excluding tert-OH is 4. The van der Waals surface area contributed by atoms with Gasteiger partial charge in [-0.25, -0.2) is 0 Å². The van der Waals surface area contributed by atoms with Gasteiger partial charge in [-0.2, -0.15) is 0 Å². The van der Waals surface area contributed by atoms with E-state index in [4.69, 9.17) is 14.9 Å². The second-order valence-electron chi connectivity index (χ2n) is 2.72. The summed E-state index contributed by atoms with van der Waals surface area (Å²) in [5, 5.41) is 36.2. The lowest BCUT2D eigenvalue weighted by Crippen LogP contribution is -2.56. The van der Waals surface area contributed by atoms with Gasteiger partial charge >= 0.3 is 0 Å². The van der Waals surface area contributed by atoms with Gasteiger partial charge in [0.15, 0.2) is 0 Å². The van der Waals surface area contributed by atoms with Crippen LogP contribution in [0.5, 0.6) is 0 Å². The zero-order valence-electron chi connectivity index (χ0n) is 6.24. The van der Waals surface area contributed by atoms with Crippen molar-refractivity contribution >= 4 is 12.6 Å². The molecule has 0 aromatic rings. The van der Waals surface area contributed by atoms with E-state index in [0.29, 0.717) is 0 Å². The molecule has 72 valence electrons. The molecule has 0 aliphatic carbocycles. The zero-order valence-corrected chi connectivity index (χ0v) is 7.13. The molecule has 0 aromatic heterocycles. The zero-order chi connectivity index (χ0) is 9.30. The molecule has 5 atom stereocenters. The Labute approximate surface area is 75.0 Å². The number of aliphatic hydroxyl groups is 4. The Morgan fingerprint density at radius 2 is 1.67 bits per heavy atom. The van der Waals surface area contributed by atoms with E-state index in [1.54, 1.807) is 0 Å². The smallest absolute Gasteiger partial charge is 0.129 e. The summed E-state index contributed by atoms with van der Waals surface area (Å²) in [6.45, 7) is -0.415. The summed E-state index contributed by atoms with van der Waals surface area (Å²) >= 11 is 3.81. The minimum Gasteiger partial charge on any atom is -0.394 e. The minimum atomic E-state index is -1.32. The Morgan fingerprint density at radius 1 is 1.08 bits per heavy atom. The van der Waals surface area contributed by atoms with Gasteiger partial charge in [-0.3, -0.25) is 0 Å². The van der Waals surface area contributed by atoms with Gasteiger partial charge < -0.3 is 25.2 Å². The van der Waals surface area contributed by atoms with E-state index in [-0.39, 0.29) is 0 Å².